The number of ether oxygens (including phenoxy) is 1. The van der Waals surface area contributed by atoms with E-state index in [9.17, 15) is 22.8 Å². The lowest BCUT2D eigenvalue weighted by molar-refractivity contribution is -0.138. The lowest BCUT2D eigenvalue weighted by atomic mass is 10.1. The monoisotopic (exact) mass is 302 g/mol. The predicted molar refractivity (Wildman–Crippen MR) is 66.7 cm³/mol. The van der Waals surface area contributed by atoms with Gasteiger partial charge in [0.05, 0.1) is 11.1 Å². The highest BCUT2D eigenvalue weighted by Crippen LogP contribution is 2.32. The second-order valence-electron chi connectivity index (χ2n) is 4.44. The Bertz CT molecular complexity index is 540. The van der Waals surface area contributed by atoms with E-state index in [2.05, 4.69) is 10.1 Å². The van der Waals surface area contributed by atoms with Crippen LogP contribution >= 0.6 is 0 Å². The molecule has 1 aliphatic rings. The number of benzene rings is 1. The number of alkyl halides is 3. The maximum absolute atomic E-state index is 12.8. The minimum absolute atomic E-state index is 0.340. The molecule has 2 rings (SSSR count). The van der Waals surface area contributed by atoms with Crippen molar-refractivity contribution in [3.63, 3.8) is 0 Å². The number of halogens is 3. The van der Waals surface area contributed by atoms with Gasteiger partial charge in [-0.05, 0) is 12.1 Å². The summed E-state index contributed by atoms with van der Waals surface area (Å²) in [6.45, 7) is 1.77. The van der Waals surface area contributed by atoms with Crippen LogP contribution < -0.4 is 5.32 Å². The summed E-state index contributed by atoms with van der Waals surface area (Å²) in [4.78, 5) is 24.8. The van der Waals surface area contributed by atoms with Gasteiger partial charge in [0, 0.05) is 26.2 Å². The third kappa shape index (κ3) is 3.72. The minimum atomic E-state index is -4.69. The fourth-order valence-corrected chi connectivity index (χ4v) is 1.95. The molecule has 0 aromatic heterocycles. The SMILES string of the molecule is O=C(OC(=O)N1CCNCC1)c1ccccc1C(F)(F)F. The number of nitrogens with zero attached hydrogens (tertiary/aromatic N) is 1. The van der Waals surface area contributed by atoms with Crippen LogP contribution in [-0.4, -0.2) is 43.1 Å². The van der Waals surface area contributed by atoms with Crippen molar-refractivity contribution in [3.8, 4) is 0 Å². The van der Waals surface area contributed by atoms with Crippen molar-refractivity contribution in [2.75, 3.05) is 26.2 Å². The summed E-state index contributed by atoms with van der Waals surface area (Å²) in [5.74, 6) is -1.30. The number of nitrogens with one attached hydrogen (secondary N) is 1. The Morgan fingerprint density at radius 1 is 1.14 bits per heavy atom. The van der Waals surface area contributed by atoms with E-state index in [0.29, 0.717) is 26.2 Å². The smallest absolute Gasteiger partial charge is 0.372 e. The van der Waals surface area contributed by atoms with Crippen LogP contribution in [0.5, 0.6) is 0 Å². The van der Waals surface area contributed by atoms with Gasteiger partial charge in [-0.2, -0.15) is 13.2 Å². The molecular weight excluding hydrogens is 289 g/mol. The maximum Gasteiger partial charge on any atom is 0.417 e. The third-order valence-corrected chi connectivity index (χ3v) is 3.01. The molecule has 0 saturated carbocycles. The number of rotatable bonds is 1. The van der Waals surface area contributed by atoms with E-state index in [1.165, 1.54) is 11.0 Å². The molecule has 1 N–H and O–H groups in total. The van der Waals surface area contributed by atoms with Crippen LogP contribution in [-0.2, 0) is 10.9 Å². The summed E-state index contributed by atoms with van der Waals surface area (Å²) < 4.78 is 42.9. The largest absolute Gasteiger partial charge is 0.417 e. The first-order valence-electron chi connectivity index (χ1n) is 6.27. The second kappa shape index (κ2) is 6.13. The topological polar surface area (TPSA) is 58.6 Å². The molecule has 0 bridgehead atoms. The van der Waals surface area contributed by atoms with E-state index in [-0.39, 0.29) is 0 Å². The van der Waals surface area contributed by atoms with Crippen molar-refractivity contribution in [3.05, 3.63) is 35.4 Å². The molecule has 1 aromatic rings. The fraction of sp³-hybridized carbons (Fsp3) is 0.385. The van der Waals surface area contributed by atoms with E-state index in [0.717, 1.165) is 18.2 Å². The summed E-state index contributed by atoms with van der Waals surface area (Å²) >= 11 is 0. The molecular formula is C13H13F3N2O3. The van der Waals surface area contributed by atoms with Crippen molar-refractivity contribution >= 4 is 12.1 Å². The second-order valence-corrected chi connectivity index (χ2v) is 4.44. The number of carbonyl (C=O) groups excluding carboxylic acids is 2. The molecule has 0 spiro atoms. The molecule has 0 atom stereocenters. The van der Waals surface area contributed by atoms with E-state index >= 15 is 0 Å². The number of amides is 1. The van der Waals surface area contributed by atoms with E-state index < -0.39 is 29.4 Å². The molecule has 8 heteroatoms. The van der Waals surface area contributed by atoms with Crippen LogP contribution in [0, 0.1) is 0 Å². The van der Waals surface area contributed by atoms with Gasteiger partial charge in [0.2, 0.25) is 0 Å². The highest BCUT2D eigenvalue weighted by Gasteiger charge is 2.36. The zero-order valence-electron chi connectivity index (χ0n) is 10.9. The van der Waals surface area contributed by atoms with Crippen molar-refractivity contribution in [1.82, 2.24) is 10.2 Å². The molecule has 0 radical (unpaired) electrons. The van der Waals surface area contributed by atoms with Crippen LogP contribution in [0.4, 0.5) is 18.0 Å². The Morgan fingerprint density at radius 2 is 1.76 bits per heavy atom. The molecule has 114 valence electrons. The van der Waals surface area contributed by atoms with Gasteiger partial charge in [0.15, 0.2) is 0 Å². The highest BCUT2D eigenvalue weighted by atomic mass is 19.4. The molecule has 0 aliphatic carbocycles. The number of hydrogen-bond acceptors (Lipinski definition) is 4. The van der Waals surface area contributed by atoms with Gasteiger partial charge in [-0.15, -0.1) is 0 Å². The van der Waals surface area contributed by atoms with E-state index in [4.69, 9.17) is 0 Å². The minimum Gasteiger partial charge on any atom is -0.372 e. The molecule has 21 heavy (non-hydrogen) atoms. The quantitative estimate of drug-likeness (QED) is 0.636. The summed E-state index contributed by atoms with van der Waals surface area (Å²) in [5, 5.41) is 3.00. The van der Waals surface area contributed by atoms with E-state index in [1.54, 1.807) is 0 Å². The first kappa shape index (κ1) is 15.3. The number of esters is 1. The Labute approximate surface area is 118 Å². The van der Waals surface area contributed by atoms with Crippen LogP contribution in [0.3, 0.4) is 0 Å². The Hall–Kier alpha value is -2.09. The molecule has 5 nitrogen and oxygen atoms in total. The van der Waals surface area contributed by atoms with Crippen LogP contribution in [0.25, 0.3) is 0 Å². The van der Waals surface area contributed by atoms with E-state index in [1.807, 2.05) is 0 Å². The summed E-state index contributed by atoms with van der Waals surface area (Å²) in [6, 6.07) is 4.20. The van der Waals surface area contributed by atoms with Crippen LogP contribution in [0.15, 0.2) is 24.3 Å². The highest BCUT2D eigenvalue weighted by molar-refractivity contribution is 5.97. The third-order valence-electron chi connectivity index (χ3n) is 3.01. The number of carbonyl (C=O) groups is 2. The first-order chi connectivity index (χ1) is 9.89. The normalized spacial score (nSPS) is 15.7. The van der Waals surface area contributed by atoms with Gasteiger partial charge in [-0.25, -0.2) is 9.59 Å². The first-order valence-corrected chi connectivity index (χ1v) is 6.27. The average Bonchev–Trinajstić information content (AvgIpc) is 2.47. The van der Waals surface area contributed by atoms with Gasteiger partial charge in [0.1, 0.15) is 0 Å². The Balaban J connectivity index is 2.12. The molecule has 1 heterocycles. The lowest BCUT2D eigenvalue weighted by Gasteiger charge is -2.26. The number of piperazine rings is 1. The lowest BCUT2D eigenvalue weighted by Crippen LogP contribution is -2.47. The zero-order valence-corrected chi connectivity index (χ0v) is 10.9. The van der Waals surface area contributed by atoms with Gasteiger partial charge < -0.3 is 15.0 Å². The zero-order chi connectivity index (χ0) is 15.5. The summed E-state index contributed by atoms with van der Waals surface area (Å²) in [6.07, 6.45) is -5.62. The predicted octanol–water partition coefficient (Wildman–Crippen LogP) is 1.89. The van der Waals surface area contributed by atoms with Crippen molar-refractivity contribution in [1.29, 1.82) is 0 Å². The summed E-state index contributed by atoms with van der Waals surface area (Å²) in [5.41, 5.74) is -1.79. The number of hydrogen-bond donors (Lipinski definition) is 1. The van der Waals surface area contributed by atoms with Crippen molar-refractivity contribution < 1.29 is 27.5 Å². The van der Waals surface area contributed by atoms with Crippen molar-refractivity contribution in [2.45, 2.75) is 6.18 Å². The van der Waals surface area contributed by atoms with Gasteiger partial charge in [-0.1, -0.05) is 12.1 Å². The average molecular weight is 302 g/mol. The Kier molecular flexibility index (Phi) is 4.46. The fourth-order valence-electron chi connectivity index (χ4n) is 1.95. The molecule has 0 unspecified atom stereocenters. The van der Waals surface area contributed by atoms with Gasteiger partial charge in [0.25, 0.3) is 0 Å². The molecule has 1 saturated heterocycles. The van der Waals surface area contributed by atoms with Crippen molar-refractivity contribution in [2.24, 2.45) is 0 Å². The molecule has 1 amide bonds. The molecule has 1 fully saturated rings. The summed E-state index contributed by atoms with van der Waals surface area (Å²) in [7, 11) is 0. The van der Waals surface area contributed by atoms with Gasteiger partial charge >= 0.3 is 18.2 Å². The van der Waals surface area contributed by atoms with Crippen LogP contribution in [0.1, 0.15) is 15.9 Å². The molecule has 1 aromatic carbocycles. The maximum atomic E-state index is 12.8. The Morgan fingerprint density at radius 3 is 2.38 bits per heavy atom. The molecule has 1 aliphatic heterocycles. The van der Waals surface area contributed by atoms with Crippen LogP contribution in [0.2, 0.25) is 0 Å². The standard InChI is InChI=1S/C13H13F3N2O3/c14-13(15,16)10-4-2-1-3-9(10)11(19)21-12(20)18-7-5-17-6-8-18/h1-4,17H,5-8H2. The van der Waals surface area contributed by atoms with Gasteiger partial charge in [-0.3, -0.25) is 0 Å².